The Morgan fingerprint density at radius 1 is 1.00 bits per heavy atom. The first-order valence-electron chi connectivity index (χ1n) is 6.66. The minimum atomic E-state index is 0.303. The molecule has 0 bridgehead atoms. The minimum absolute atomic E-state index is 0.303. The summed E-state index contributed by atoms with van der Waals surface area (Å²) in [7, 11) is 0. The highest BCUT2D eigenvalue weighted by molar-refractivity contribution is 5.83. The van der Waals surface area contributed by atoms with Gasteiger partial charge < -0.3 is 15.0 Å². The standard InChI is InChI=1S/C17H14N2O/c20-17-8-4-3-7-16(17)19-10-9-13-12-5-1-2-6-14(12)18-15(13)11-19/h1-9,11,18,20H,10H2. The molecule has 2 N–H and O–H groups in total. The van der Waals surface area contributed by atoms with Gasteiger partial charge in [-0.2, -0.15) is 0 Å². The van der Waals surface area contributed by atoms with Crippen LogP contribution in [0.1, 0.15) is 0 Å². The van der Waals surface area contributed by atoms with Crippen LogP contribution in [0.4, 0.5) is 5.69 Å². The summed E-state index contributed by atoms with van der Waals surface area (Å²) >= 11 is 0. The Balaban J connectivity index is 1.92. The molecule has 0 fully saturated rings. The summed E-state index contributed by atoms with van der Waals surface area (Å²) in [5.74, 6) is 0.303. The molecule has 0 atom stereocenters. The largest absolute Gasteiger partial charge is 0.506 e. The molecule has 0 unspecified atom stereocenters. The number of aromatic nitrogens is 1. The number of nitrogens with one attached hydrogen (secondary N) is 1. The summed E-state index contributed by atoms with van der Waals surface area (Å²) in [6.45, 7) is 0.756. The van der Waals surface area contributed by atoms with Gasteiger partial charge in [-0.1, -0.05) is 36.4 Å². The van der Waals surface area contributed by atoms with Crippen LogP contribution in [0.15, 0.2) is 48.5 Å². The van der Waals surface area contributed by atoms with E-state index in [1.165, 1.54) is 10.6 Å². The molecule has 4 rings (SSSR count). The van der Waals surface area contributed by atoms with Crippen molar-refractivity contribution < 1.29 is 5.11 Å². The maximum Gasteiger partial charge on any atom is 0.139 e. The Bertz CT molecular complexity index is 908. The molecule has 0 spiro atoms. The SMILES string of the molecule is Oc1ccccc1N1C=c2[nH]c3ccccc3c2=CC1. The zero-order valence-corrected chi connectivity index (χ0v) is 10.9. The van der Waals surface area contributed by atoms with Crippen LogP contribution >= 0.6 is 0 Å². The third-order valence-electron chi connectivity index (χ3n) is 3.74. The molecular weight excluding hydrogens is 248 g/mol. The van der Waals surface area contributed by atoms with Gasteiger partial charge in [-0.3, -0.25) is 0 Å². The second-order valence-corrected chi connectivity index (χ2v) is 4.97. The predicted molar refractivity (Wildman–Crippen MR) is 81.9 cm³/mol. The number of phenols is 1. The smallest absolute Gasteiger partial charge is 0.139 e. The van der Waals surface area contributed by atoms with Crippen molar-refractivity contribution in [3.63, 3.8) is 0 Å². The van der Waals surface area contributed by atoms with E-state index < -0.39 is 0 Å². The molecule has 0 saturated carbocycles. The van der Waals surface area contributed by atoms with Crippen LogP contribution in [-0.4, -0.2) is 16.6 Å². The van der Waals surface area contributed by atoms with Crippen LogP contribution in [0, 0.1) is 0 Å². The van der Waals surface area contributed by atoms with Crippen molar-refractivity contribution in [3.05, 3.63) is 59.1 Å². The van der Waals surface area contributed by atoms with Crippen molar-refractivity contribution in [2.75, 3.05) is 11.4 Å². The molecule has 0 amide bonds. The lowest BCUT2D eigenvalue weighted by Crippen LogP contribution is -2.34. The molecular formula is C17H14N2O. The second-order valence-electron chi connectivity index (χ2n) is 4.97. The number of hydrogen-bond acceptors (Lipinski definition) is 2. The van der Waals surface area contributed by atoms with Crippen molar-refractivity contribution in [2.24, 2.45) is 0 Å². The second kappa shape index (κ2) is 4.17. The van der Waals surface area contributed by atoms with E-state index in [1.54, 1.807) is 6.07 Å². The molecule has 1 aromatic heterocycles. The lowest BCUT2D eigenvalue weighted by Gasteiger charge is -2.21. The number of aromatic hydroxyl groups is 1. The Hall–Kier alpha value is -2.68. The highest BCUT2D eigenvalue weighted by Crippen LogP contribution is 2.27. The van der Waals surface area contributed by atoms with Gasteiger partial charge in [0.2, 0.25) is 0 Å². The molecule has 1 aliphatic rings. The molecule has 0 aliphatic carbocycles. The average Bonchev–Trinajstić information content (AvgIpc) is 2.85. The van der Waals surface area contributed by atoms with Gasteiger partial charge in [0.15, 0.2) is 0 Å². The first kappa shape index (κ1) is 11.2. The van der Waals surface area contributed by atoms with Gasteiger partial charge in [0.25, 0.3) is 0 Å². The molecule has 0 saturated heterocycles. The summed E-state index contributed by atoms with van der Waals surface area (Å²) < 4.78 is 0. The number of fused-ring (bicyclic) bond motifs is 3. The molecule has 3 heteroatoms. The third kappa shape index (κ3) is 1.60. The summed E-state index contributed by atoms with van der Waals surface area (Å²) in [5, 5.41) is 13.5. The van der Waals surface area contributed by atoms with Gasteiger partial charge in [0.05, 0.1) is 11.0 Å². The number of rotatable bonds is 1. The van der Waals surface area contributed by atoms with E-state index in [0.29, 0.717) is 5.75 Å². The van der Waals surface area contributed by atoms with E-state index in [4.69, 9.17) is 0 Å². The van der Waals surface area contributed by atoms with Gasteiger partial charge in [-0.15, -0.1) is 0 Å². The number of H-pyrrole nitrogens is 1. The minimum Gasteiger partial charge on any atom is -0.506 e. The monoisotopic (exact) mass is 262 g/mol. The summed E-state index contributed by atoms with van der Waals surface area (Å²) in [6.07, 6.45) is 4.25. The molecule has 2 heterocycles. The van der Waals surface area contributed by atoms with Crippen LogP contribution in [-0.2, 0) is 0 Å². The first-order chi connectivity index (χ1) is 9.83. The van der Waals surface area contributed by atoms with Crippen LogP contribution < -0.4 is 15.5 Å². The van der Waals surface area contributed by atoms with E-state index in [-0.39, 0.29) is 0 Å². The molecule has 3 aromatic rings. The highest BCUT2D eigenvalue weighted by atomic mass is 16.3. The Morgan fingerprint density at radius 2 is 1.80 bits per heavy atom. The molecule has 3 nitrogen and oxygen atoms in total. The summed E-state index contributed by atoms with van der Waals surface area (Å²) in [6, 6.07) is 15.7. The molecule has 0 radical (unpaired) electrons. The van der Waals surface area contributed by atoms with Crippen molar-refractivity contribution >= 4 is 28.9 Å². The Kier molecular flexibility index (Phi) is 2.33. The third-order valence-corrected chi connectivity index (χ3v) is 3.74. The zero-order chi connectivity index (χ0) is 13.5. The Labute approximate surface area is 116 Å². The van der Waals surface area contributed by atoms with E-state index in [0.717, 1.165) is 23.1 Å². The maximum absolute atomic E-state index is 9.96. The lowest BCUT2D eigenvalue weighted by molar-refractivity contribution is 0.476. The number of phenolic OH excluding ortho intramolecular Hbond substituents is 1. The number of para-hydroxylation sites is 3. The number of aromatic amines is 1. The fourth-order valence-corrected chi connectivity index (χ4v) is 2.78. The van der Waals surface area contributed by atoms with Gasteiger partial charge in [0.1, 0.15) is 5.75 Å². The van der Waals surface area contributed by atoms with Crippen LogP contribution in [0.25, 0.3) is 23.2 Å². The number of nitrogens with zero attached hydrogens (tertiary/aromatic N) is 1. The van der Waals surface area contributed by atoms with Gasteiger partial charge >= 0.3 is 0 Å². The van der Waals surface area contributed by atoms with Gasteiger partial charge in [0, 0.05) is 28.9 Å². The van der Waals surface area contributed by atoms with Crippen molar-refractivity contribution in [3.8, 4) is 5.75 Å². The quantitative estimate of drug-likeness (QED) is 0.703. The fourth-order valence-electron chi connectivity index (χ4n) is 2.78. The fraction of sp³-hybridized carbons (Fsp3) is 0.0588. The molecule has 20 heavy (non-hydrogen) atoms. The number of benzene rings is 2. The van der Waals surface area contributed by atoms with Crippen LogP contribution in [0.5, 0.6) is 5.75 Å². The maximum atomic E-state index is 9.96. The van der Waals surface area contributed by atoms with E-state index in [9.17, 15) is 5.11 Å². The van der Waals surface area contributed by atoms with Crippen LogP contribution in [0.3, 0.4) is 0 Å². The average molecular weight is 262 g/mol. The van der Waals surface area contributed by atoms with Gasteiger partial charge in [-0.05, 0) is 18.2 Å². The van der Waals surface area contributed by atoms with Crippen molar-refractivity contribution in [1.29, 1.82) is 0 Å². The number of anilines is 1. The molecule has 98 valence electrons. The lowest BCUT2D eigenvalue weighted by atomic mass is 10.2. The van der Waals surface area contributed by atoms with E-state index in [2.05, 4.69) is 35.5 Å². The first-order valence-corrected chi connectivity index (χ1v) is 6.66. The predicted octanol–water partition coefficient (Wildman–Crippen LogP) is 1.91. The van der Waals surface area contributed by atoms with Gasteiger partial charge in [-0.25, -0.2) is 0 Å². The highest BCUT2D eigenvalue weighted by Gasteiger charge is 2.11. The molecule has 1 aliphatic heterocycles. The van der Waals surface area contributed by atoms with E-state index >= 15 is 0 Å². The zero-order valence-electron chi connectivity index (χ0n) is 10.9. The summed E-state index contributed by atoms with van der Waals surface area (Å²) in [5.41, 5.74) is 1.97. The normalized spacial score (nSPS) is 13.7. The van der Waals surface area contributed by atoms with Crippen molar-refractivity contribution in [2.45, 2.75) is 0 Å². The summed E-state index contributed by atoms with van der Waals surface area (Å²) in [4.78, 5) is 5.47. The van der Waals surface area contributed by atoms with Crippen molar-refractivity contribution in [1.82, 2.24) is 4.98 Å². The molecule has 2 aromatic carbocycles. The Morgan fingerprint density at radius 3 is 2.70 bits per heavy atom. The number of hydrogen-bond donors (Lipinski definition) is 2. The topological polar surface area (TPSA) is 39.3 Å². The van der Waals surface area contributed by atoms with Crippen LogP contribution in [0.2, 0.25) is 0 Å². The van der Waals surface area contributed by atoms with E-state index in [1.807, 2.05) is 29.2 Å².